The molecule has 1 amide bonds. The van der Waals surface area contributed by atoms with Crippen LogP contribution in [0.5, 0.6) is 0 Å². The van der Waals surface area contributed by atoms with E-state index in [9.17, 15) is 4.79 Å². The van der Waals surface area contributed by atoms with Crippen LogP contribution in [0.3, 0.4) is 0 Å². The molecule has 3 rings (SSSR count). The van der Waals surface area contributed by atoms with Gasteiger partial charge in [0.15, 0.2) is 0 Å². The second-order valence-electron chi connectivity index (χ2n) is 11.1. The van der Waals surface area contributed by atoms with Gasteiger partial charge in [-0.15, -0.1) is 0 Å². The van der Waals surface area contributed by atoms with Crippen molar-refractivity contribution in [2.24, 2.45) is 11.8 Å². The van der Waals surface area contributed by atoms with Crippen molar-refractivity contribution < 1.29 is 4.79 Å². The number of nitrogens with zero attached hydrogens (tertiary/aromatic N) is 1. The summed E-state index contributed by atoms with van der Waals surface area (Å²) in [5.41, 5.74) is 9.01. The maximum atomic E-state index is 11.9. The number of allylic oxidation sites excluding steroid dienone is 1. The van der Waals surface area contributed by atoms with Gasteiger partial charge in [-0.2, -0.15) is 0 Å². The SMILES string of the molecule is C.C=C(C)C(=O)N(C)CCCc1ccc(-c2ccc3c(c2)CCC(C(C)CCC(C)CC)=C3)cc1.CCC. The quantitative estimate of drug-likeness (QED) is 0.271. The molecule has 0 saturated carbocycles. The standard InChI is InChI=1S/C32H43NO.C3H8.CH4/c1-7-24(4)10-11-25(5)28-16-17-31-22-29(18-19-30(31)21-28)27-14-12-26(13-15-27)9-8-20-33(6)32(34)23(2)3;1-3-2;/h12-15,18-19,21-22,24-25H,2,7-11,16-17,20H2,1,3-6H3;3H2,1-2H3;1H4. The molecule has 0 saturated heterocycles. The molecule has 2 aromatic carbocycles. The summed E-state index contributed by atoms with van der Waals surface area (Å²) in [5.74, 6) is 1.55. The Kier molecular flexibility index (Phi) is 15.0. The third kappa shape index (κ3) is 10.3. The van der Waals surface area contributed by atoms with Crippen LogP contribution in [-0.4, -0.2) is 24.4 Å². The largest absolute Gasteiger partial charge is 0.342 e. The van der Waals surface area contributed by atoms with E-state index in [-0.39, 0.29) is 13.3 Å². The molecule has 1 aliphatic rings. The number of rotatable bonds is 11. The molecule has 0 spiro atoms. The molecule has 2 aromatic rings. The van der Waals surface area contributed by atoms with Gasteiger partial charge in [-0.05, 0) is 78.7 Å². The molecule has 0 N–H and O–H groups in total. The topological polar surface area (TPSA) is 20.3 Å². The van der Waals surface area contributed by atoms with Crippen LogP contribution in [0, 0.1) is 11.8 Å². The number of benzene rings is 2. The number of hydrogen-bond acceptors (Lipinski definition) is 1. The Bertz CT molecular complexity index is 1030. The fraction of sp³-hybridized carbons (Fsp3) is 0.528. The maximum absolute atomic E-state index is 11.9. The van der Waals surface area contributed by atoms with E-state index < -0.39 is 0 Å². The molecule has 0 bridgehead atoms. The van der Waals surface area contributed by atoms with E-state index in [0.29, 0.717) is 11.5 Å². The summed E-state index contributed by atoms with van der Waals surface area (Å²) < 4.78 is 0. The van der Waals surface area contributed by atoms with Gasteiger partial charge in [0, 0.05) is 19.2 Å². The van der Waals surface area contributed by atoms with E-state index in [1.54, 1.807) is 17.4 Å². The fourth-order valence-corrected chi connectivity index (χ4v) is 4.82. The summed E-state index contributed by atoms with van der Waals surface area (Å²) in [6.07, 6.45) is 11.9. The fourth-order valence-electron chi connectivity index (χ4n) is 4.82. The third-order valence-corrected chi connectivity index (χ3v) is 7.55. The van der Waals surface area contributed by atoms with Crippen LogP contribution in [0.4, 0.5) is 0 Å². The van der Waals surface area contributed by atoms with Gasteiger partial charge in [-0.25, -0.2) is 0 Å². The van der Waals surface area contributed by atoms with E-state index in [4.69, 9.17) is 0 Å². The first-order chi connectivity index (χ1) is 17.7. The Hall–Kier alpha value is -2.61. The minimum Gasteiger partial charge on any atom is -0.342 e. The molecule has 0 heterocycles. The number of carbonyl (C=O) groups is 1. The minimum absolute atomic E-state index is 0. The lowest BCUT2D eigenvalue weighted by Gasteiger charge is -2.23. The van der Waals surface area contributed by atoms with Crippen molar-refractivity contribution in [3.63, 3.8) is 0 Å². The average Bonchev–Trinajstić information content (AvgIpc) is 2.91. The molecule has 210 valence electrons. The predicted octanol–water partition coefficient (Wildman–Crippen LogP) is 10.2. The molecule has 0 fully saturated rings. The number of hydrogen-bond donors (Lipinski definition) is 0. The zero-order valence-corrected chi connectivity index (χ0v) is 24.7. The molecular weight excluding hydrogens is 462 g/mol. The molecule has 2 atom stereocenters. The minimum atomic E-state index is 0. The molecule has 2 unspecified atom stereocenters. The highest BCUT2D eigenvalue weighted by Gasteiger charge is 2.17. The van der Waals surface area contributed by atoms with Crippen molar-refractivity contribution in [2.75, 3.05) is 13.6 Å². The second-order valence-corrected chi connectivity index (χ2v) is 11.1. The van der Waals surface area contributed by atoms with Crippen molar-refractivity contribution in [2.45, 2.75) is 100 Å². The van der Waals surface area contributed by atoms with Gasteiger partial charge in [0.05, 0.1) is 0 Å². The first kappa shape index (κ1) is 33.4. The van der Waals surface area contributed by atoms with E-state index in [1.165, 1.54) is 59.9 Å². The van der Waals surface area contributed by atoms with Gasteiger partial charge in [-0.3, -0.25) is 4.79 Å². The van der Waals surface area contributed by atoms with Crippen LogP contribution in [0.1, 0.15) is 104 Å². The highest BCUT2D eigenvalue weighted by atomic mass is 16.2. The number of amides is 1. The molecule has 0 aromatic heterocycles. The normalized spacial score (nSPS) is 13.6. The number of likely N-dealkylation sites (N-methyl/N-ethyl adjacent to an activating group) is 1. The maximum Gasteiger partial charge on any atom is 0.248 e. The van der Waals surface area contributed by atoms with Crippen molar-refractivity contribution in [1.29, 1.82) is 0 Å². The molecule has 0 radical (unpaired) electrons. The Morgan fingerprint density at radius 1 is 0.974 bits per heavy atom. The Morgan fingerprint density at radius 2 is 1.61 bits per heavy atom. The highest BCUT2D eigenvalue weighted by molar-refractivity contribution is 5.91. The van der Waals surface area contributed by atoms with Crippen molar-refractivity contribution in [3.8, 4) is 11.1 Å². The molecular formula is C36H55NO. The summed E-state index contributed by atoms with van der Waals surface area (Å²) in [6.45, 7) is 17.6. The predicted molar refractivity (Wildman–Crippen MR) is 169 cm³/mol. The number of carbonyl (C=O) groups excluding carboxylic acids is 1. The van der Waals surface area contributed by atoms with Crippen molar-refractivity contribution in [1.82, 2.24) is 4.90 Å². The summed E-state index contributed by atoms with van der Waals surface area (Å²) in [7, 11) is 1.85. The molecule has 1 aliphatic carbocycles. The van der Waals surface area contributed by atoms with Crippen LogP contribution in [0.15, 0.2) is 60.2 Å². The Balaban J connectivity index is 0.00000172. The summed E-state index contributed by atoms with van der Waals surface area (Å²) in [4.78, 5) is 13.7. The summed E-state index contributed by atoms with van der Waals surface area (Å²) >= 11 is 0. The molecule has 2 heteroatoms. The molecule has 0 aliphatic heterocycles. The second kappa shape index (κ2) is 17.1. The van der Waals surface area contributed by atoms with Crippen molar-refractivity contribution in [3.05, 3.63) is 76.9 Å². The van der Waals surface area contributed by atoms with Crippen LogP contribution < -0.4 is 0 Å². The summed E-state index contributed by atoms with van der Waals surface area (Å²) in [6, 6.07) is 15.9. The molecule has 38 heavy (non-hydrogen) atoms. The zero-order chi connectivity index (χ0) is 27.4. The van der Waals surface area contributed by atoms with Gasteiger partial charge < -0.3 is 4.90 Å². The van der Waals surface area contributed by atoms with E-state index >= 15 is 0 Å². The lowest BCUT2D eigenvalue weighted by molar-refractivity contribution is -0.125. The van der Waals surface area contributed by atoms with E-state index in [1.807, 2.05) is 7.05 Å². The van der Waals surface area contributed by atoms with E-state index in [0.717, 1.165) is 31.7 Å². The van der Waals surface area contributed by atoms with Crippen molar-refractivity contribution >= 4 is 12.0 Å². The highest BCUT2D eigenvalue weighted by Crippen LogP contribution is 2.33. The zero-order valence-electron chi connectivity index (χ0n) is 24.7. The Morgan fingerprint density at radius 3 is 2.21 bits per heavy atom. The smallest absolute Gasteiger partial charge is 0.248 e. The first-order valence-corrected chi connectivity index (χ1v) is 14.5. The van der Waals surface area contributed by atoms with Gasteiger partial charge in [-0.1, -0.05) is 122 Å². The van der Waals surface area contributed by atoms with E-state index in [2.05, 4.69) is 89.7 Å². The van der Waals surface area contributed by atoms with Gasteiger partial charge in [0.1, 0.15) is 0 Å². The molecule has 2 nitrogen and oxygen atoms in total. The average molecular weight is 518 g/mol. The van der Waals surface area contributed by atoms with Crippen LogP contribution >= 0.6 is 0 Å². The number of fused-ring (bicyclic) bond motifs is 1. The van der Waals surface area contributed by atoms with Gasteiger partial charge in [0.2, 0.25) is 5.91 Å². The number of aryl methyl sites for hydroxylation is 2. The summed E-state index contributed by atoms with van der Waals surface area (Å²) in [5, 5.41) is 0. The first-order valence-electron chi connectivity index (χ1n) is 14.5. The van der Waals surface area contributed by atoms with Gasteiger partial charge >= 0.3 is 0 Å². The Labute approximate surface area is 235 Å². The van der Waals surface area contributed by atoms with Gasteiger partial charge in [0.25, 0.3) is 0 Å². The van der Waals surface area contributed by atoms with Crippen LogP contribution in [-0.2, 0) is 17.6 Å². The third-order valence-electron chi connectivity index (χ3n) is 7.55. The lowest BCUT2D eigenvalue weighted by Crippen LogP contribution is -2.28. The lowest BCUT2D eigenvalue weighted by atomic mass is 9.82. The van der Waals surface area contributed by atoms with Crippen LogP contribution in [0.25, 0.3) is 17.2 Å². The van der Waals surface area contributed by atoms with Crippen LogP contribution in [0.2, 0.25) is 0 Å². The monoisotopic (exact) mass is 517 g/mol.